The lowest BCUT2D eigenvalue weighted by Gasteiger charge is -2.23. The van der Waals surface area contributed by atoms with Crippen molar-refractivity contribution in [1.29, 1.82) is 0 Å². The molecule has 0 aliphatic heterocycles. The molecule has 1 unspecified atom stereocenters. The van der Waals surface area contributed by atoms with Crippen molar-refractivity contribution in [2.24, 2.45) is 5.92 Å². The van der Waals surface area contributed by atoms with E-state index < -0.39 is 0 Å². The molecule has 19 heavy (non-hydrogen) atoms. The highest BCUT2D eigenvalue weighted by atomic mass is 16.6. The lowest BCUT2D eigenvalue weighted by Crippen LogP contribution is -2.28. The van der Waals surface area contributed by atoms with Crippen LogP contribution in [0.4, 0.5) is 0 Å². The standard InChI is InChI=1S/C17H32O2/c1-6-8-9-10-11-12-14-15(13-7-2)16(18)19-17(3,4)5/h9-10,15H,6-8,11-14H2,1-5H3. The molecule has 0 saturated heterocycles. The first-order chi connectivity index (χ1) is 8.90. The number of hydrogen-bond acceptors (Lipinski definition) is 2. The molecule has 0 radical (unpaired) electrons. The Morgan fingerprint density at radius 2 is 1.68 bits per heavy atom. The zero-order valence-electron chi connectivity index (χ0n) is 13.5. The van der Waals surface area contributed by atoms with E-state index in [1.807, 2.05) is 20.8 Å². The average molecular weight is 268 g/mol. The van der Waals surface area contributed by atoms with Gasteiger partial charge in [0.25, 0.3) is 0 Å². The number of allylic oxidation sites excluding steroid dienone is 2. The van der Waals surface area contributed by atoms with Gasteiger partial charge >= 0.3 is 5.97 Å². The van der Waals surface area contributed by atoms with Gasteiger partial charge in [0, 0.05) is 0 Å². The fourth-order valence-corrected chi connectivity index (χ4v) is 2.00. The molecule has 0 aromatic carbocycles. The minimum absolute atomic E-state index is 0.0214. The van der Waals surface area contributed by atoms with E-state index in [4.69, 9.17) is 4.74 Å². The third-order valence-corrected chi connectivity index (χ3v) is 2.92. The monoisotopic (exact) mass is 268 g/mol. The van der Waals surface area contributed by atoms with Gasteiger partial charge in [-0.25, -0.2) is 0 Å². The summed E-state index contributed by atoms with van der Waals surface area (Å²) in [6.45, 7) is 10.1. The molecular formula is C17H32O2. The summed E-state index contributed by atoms with van der Waals surface area (Å²) in [6.07, 6.45) is 11.9. The summed E-state index contributed by atoms with van der Waals surface area (Å²) in [6, 6.07) is 0. The average Bonchev–Trinajstić information content (AvgIpc) is 2.30. The minimum Gasteiger partial charge on any atom is -0.460 e. The van der Waals surface area contributed by atoms with Crippen LogP contribution in [0.15, 0.2) is 12.2 Å². The quantitative estimate of drug-likeness (QED) is 0.323. The Labute approximate surface area is 119 Å². The normalized spacial score (nSPS) is 13.7. The van der Waals surface area contributed by atoms with Gasteiger partial charge < -0.3 is 4.74 Å². The molecule has 2 heteroatoms. The summed E-state index contributed by atoms with van der Waals surface area (Å²) in [7, 11) is 0. The van der Waals surface area contributed by atoms with Gasteiger partial charge in [0.2, 0.25) is 0 Å². The first kappa shape index (κ1) is 18.2. The maximum absolute atomic E-state index is 12.1. The van der Waals surface area contributed by atoms with E-state index in [1.165, 1.54) is 6.42 Å². The highest BCUT2D eigenvalue weighted by molar-refractivity contribution is 5.72. The number of carbonyl (C=O) groups is 1. The van der Waals surface area contributed by atoms with Crippen molar-refractivity contribution in [3.8, 4) is 0 Å². The van der Waals surface area contributed by atoms with Gasteiger partial charge in [-0.3, -0.25) is 4.79 Å². The van der Waals surface area contributed by atoms with Gasteiger partial charge in [0.15, 0.2) is 0 Å². The van der Waals surface area contributed by atoms with Crippen molar-refractivity contribution in [3.63, 3.8) is 0 Å². The summed E-state index contributed by atoms with van der Waals surface area (Å²) < 4.78 is 5.49. The van der Waals surface area contributed by atoms with E-state index in [0.717, 1.165) is 38.5 Å². The molecule has 0 heterocycles. The van der Waals surface area contributed by atoms with E-state index >= 15 is 0 Å². The van der Waals surface area contributed by atoms with Gasteiger partial charge in [0.1, 0.15) is 5.60 Å². The zero-order chi connectivity index (χ0) is 14.7. The van der Waals surface area contributed by atoms with E-state index in [1.54, 1.807) is 0 Å². The van der Waals surface area contributed by atoms with Gasteiger partial charge in [-0.2, -0.15) is 0 Å². The number of carbonyl (C=O) groups excluding carboxylic acids is 1. The lowest BCUT2D eigenvalue weighted by atomic mass is 9.96. The van der Waals surface area contributed by atoms with Gasteiger partial charge in [-0.1, -0.05) is 38.8 Å². The van der Waals surface area contributed by atoms with E-state index in [9.17, 15) is 4.79 Å². The second-order valence-electron chi connectivity index (χ2n) is 6.21. The zero-order valence-corrected chi connectivity index (χ0v) is 13.5. The Bertz CT molecular complexity index is 261. The van der Waals surface area contributed by atoms with Crippen molar-refractivity contribution in [3.05, 3.63) is 12.2 Å². The van der Waals surface area contributed by atoms with Gasteiger partial charge in [-0.05, 0) is 52.9 Å². The van der Waals surface area contributed by atoms with Crippen molar-refractivity contribution >= 4 is 5.97 Å². The Hall–Kier alpha value is -0.790. The number of hydrogen-bond donors (Lipinski definition) is 0. The largest absolute Gasteiger partial charge is 0.460 e. The van der Waals surface area contributed by atoms with Gasteiger partial charge in [0.05, 0.1) is 5.92 Å². The molecule has 0 spiro atoms. The molecule has 0 amide bonds. The first-order valence-corrected chi connectivity index (χ1v) is 7.78. The smallest absolute Gasteiger partial charge is 0.309 e. The van der Waals surface area contributed by atoms with Gasteiger partial charge in [-0.15, -0.1) is 0 Å². The van der Waals surface area contributed by atoms with Crippen LogP contribution in [0.2, 0.25) is 0 Å². The van der Waals surface area contributed by atoms with Crippen LogP contribution in [-0.2, 0) is 9.53 Å². The molecule has 1 atom stereocenters. The van der Waals surface area contributed by atoms with Crippen molar-refractivity contribution in [1.82, 2.24) is 0 Å². The summed E-state index contributed by atoms with van der Waals surface area (Å²) in [5.41, 5.74) is -0.371. The molecule has 0 N–H and O–H groups in total. The van der Waals surface area contributed by atoms with E-state index in [2.05, 4.69) is 26.0 Å². The third kappa shape index (κ3) is 10.8. The summed E-state index contributed by atoms with van der Waals surface area (Å²) in [4.78, 5) is 12.1. The van der Waals surface area contributed by atoms with Crippen molar-refractivity contribution in [2.45, 2.75) is 85.2 Å². The topological polar surface area (TPSA) is 26.3 Å². The van der Waals surface area contributed by atoms with Crippen LogP contribution in [0.3, 0.4) is 0 Å². The molecule has 0 fully saturated rings. The molecule has 0 rings (SSSR count). The Morgan fingerprint density at radius 1 is 1.05 bits per heavy atom. The highest BCUT2D eigenvalue weighted by Gasteiger charge is 2.23. The molecule has 0 aliphatic rings. The molecule has 0 bridgehead atoms. The maximum Gasteiger partial charge on any atom is 0.309 e. The van der Waals surface area contributed by atoms with Crippen molar-refractivity contribution in [2.75, 3.05) is 0 Å². The van der Waals surface area contributed by atoms with E-state index in [0.29, 0.717) is 0 Å². The fraction of sp³-hybridized carbons (Fsp3) is 0.824. The number of unbranched alkanes of at least 4 members (excludes halogenated alkanes) is 2. The summed E-state index contributed by atoms with van der Waals surface area (Å²) in [5, 5.41) is 0. The van der Waals surface area contributed by atoms with Crippen LogP contribution in [0, 0.1) is 5.92 Å². The molecule has 112 valence electrons. The molecule has 0 aromatic heterocycles. The van der Waals surface area contributed by atoms with Crippen LogP contribution in [0.25, 0.3) is 0 Å². The fourth-order valence-electron chi connectivity index (χ4n) is 2.00. The molecular weight excluding hydrogens is 236 g/mol. The maximum atomic E-state index is 12.1. The third-order valence-electron chi connectivity index (χ3n) is 2.92. The van der Waals surface area contributed by atoms with Crippen LogP contribution >= 0.6 is 0 Å². The lowest BCUT2D eigenvalue weighted by molar-refractivity contribution is -0.160. The first-order valence-electron chi connectivity index (χ1n) is 7.78. The number of rotatable bonds is 9. The van der Waals surface area contributed by atoms with Crippen LogP contribution in [0.1, 0.15) is 79.6 Å². The minimum atomic E-state index is -0.371. The Kier molecular flexibility index (Phi) is 9.63. The van der Waals surface area contributed by atoms with Crippen molar-refractivity contribution < 1.29 is 9.53 Å². The molecule has 0 saturated carbocycles. The van der Waals surface area contributed by atoms with Crippen LogP contribution < -0.4 is 0 Å². The summed E-state index contributed by atoms with van der Waals surface area (Å²) >= 11 is 0. The number of esters is 1. The van der Waals surface area contributed by atoms with Crippen LogP contribution in [0.5, 0.6) is 0 Å². The molecule has 2 nitrogen and oxygen atoms in total. The Balaban J connectivity index is 4.07. The number of ether oxygens (including phenoxy) is 1. The van der Waals surface area contributed by atoms with E-state index in [-0.39, 0.29) is 17.5 Å². The van der Waals surface area contributed by atoms with Crippen LogP contribution in [-0.4, -0.2) is 11.6 Å². The highest BCUT2D eigenvalue weighted by Crippen LogP contribution is 2.20. The Morgan fingerprint density at radius 3 is 2.21 bits per heavy atom. The molecule has 0 aromatic rings. The second-order valence-corrected chi connectivity index (χ2v) is 6.21. The second kappa shape index (κ2) is 10.1. The predicted octanol–water partition coefficient (Wildman–Crippen LogP) is 5.27. The molecule has 0 aliphatic carbocycles. The predicted molar refractivity (Wildman–Crippen MR) is 82.1 cm³/mol. The summed E-state index contributed by atoms with van der Waals surface area (Å²) in [5.74, 6) is 0.0516. The SMILES string of the molecule is CCCC=CCCCC(CCC)C(=O)OC(C)(C)C.